The first-order valence-corrected chi connectivity index (χ1v) is 9.61. The second-order valence-electron chi connectivity index (χ2n) is 6.74. The molecule has 1 fully saturated rings. The minimum absolute atomic E-state index is 0.186. The molecule has 1 aliphatic heterocycles. The van der Waals surface area contributed by atoms with Crippen molar-refractivity contribution in [3.8, 4) is 11.4 Å². The van der Waals surface area contributed by atoms with Gasteiger partial charge in [0.05, 0.1) is 0 Å². The van der Waals surface area contributed by atoms with Crippen molar-refractivity contribution in [1.29, 1.82) is 0 Å². The maximum Gasteiger partial charge on any atom is 0.471 e. The number of aromatic nitrogens is 3. The Morgan fingerprint density at radius 1 is 1.13 bits per heavy atom. The maximum atomic E-state index is 12.6. The van der Waals surface area contributed by atoms with Crippen molar-refractivity contribution in [2.45, 2.75) is 6.18 Å². The summed E-state index contributed by atoms with van der Waals surface area (Å²) in [5.41, 5.74) is 0.926. The summed E-state index contributed by atoms with van der Waals surface area (Å²) in [5, 5.41) is 6.69. The number of rotatable bonds is 3. The Hall–Kier alpha value is -3.34. The third-order valence-electron chi connectivity index (χ3n) is 4.64. The SMILES string of the molecule is O=C(Nc1cccc(Cl)c1)N1CCN(c2ccc(-c3noc(C(F)(F)F)n3)cn2)CC1. The molecule has 1 aliphatic rings. The van der Waals surface area contributed by atoms with Gasteiger partial charge < -0.3 is 19.6 Å². The molecule has 1 N–H and O–H groups in total. The van der Waals surface area contributed by atoms with Crippen LogP contribution >= 0.6 is 11.6 Å². The molecule has 3 heterocycles. The molecule has 3 aromatic rings. The van der Waals surface area contributed by atoms with Gasteiger partial charge in [0, 0.05) is 48.6 Å². The largest absolute Gasteiger partial charge is 0.471 e. The van der Waals surface area contributed by atoms with Crippen LogP contribution in [0, 0.1) is 0 Å². The van der Waals surface area contributed by atoms with Crippen LogP contribution in [-0.4, -0.2) is 52.2 Å². The highest BCUT2D eigenvalue weighted by atomic mass is 35.5. The van der Waals surface area contributed by atoms with E-state index in [2.05, 4.69) is 25.0 Å². The van der Waals surface area contributed by atoms with E-state index in [1.165, 1.54) is 6.20 Å². The fourth-order valence-electron chi connectivity index (χ4n) is 3.07. The van der Waals surface area contributed by atoms with E-state index in [-0.39, 0.29) is 11.9 Å². The molecule has 1 saturated heterocycles. The molecular weight excluding hydrogens is 437 g/mol. The average molecular weight is 453 g/mol. The van der Waals surface area contributed by atoms with Gasteiger partial charge in [0.15, 0.2) is 0 Å². The number of pyridine rings is 1. The highest BCUT2D eigenvalue weighted by Gasteiger charge is 2.38. The Kier molecular flexibility index (Phi) is 5.68. The maximum absolute atomic E-state index is 12.6. The van der Waals surface area contributed by atoms with Crippen LogP contribution in [0.5, 0.6) is 0 Å². The lowest BCUT2D eigenvalue weighted by atomic mass is 10.2. The van der Waals surface area contributed by atoms with Crippen molar-refractivity contribution in [3.05, 3.63) is 53.5 Å². The first-order chi connectivity index (χ1) is 14.8. The van der Waals surface area contributed by atoms with E-state index in [0.717, 1.165) is 0 Å². The van der Waals surface area contributed by atoms with Crippen molar-refractivity contribution in [1.82, 2.24) is 20.0 Å². The Labute approximate surface area is 179 Å². The number of anilines is 2. The Morgan fingerprint density at radius 2 is 1.90 bits per heavy atom. The van der Waals surface area contributed by atoms with E-state index < -0.39 is 12.1 Å². The van der Waals surface area contributed by atoms with Gasteiger partial charge in [-0.1, -0.05) is 22.8 Å². The van der Waals surface area contributed by atoms with E-state index in [9.17, 15) is 18.0 Å². The summed E-state index contributed by atoms with van der Waals surface area (Å²) in [6, 6.07) is 9.93. The fraction of sp³-hybridized carbons (Fsp3) is 0.263. The number of alkyl halides is 3. The van der Waals surface area contributed by atoms with Gasteiger partial charge in [-0.05, 0) is 30.3 Å². The Morgan fingerprint density at radius 3 is 2.52 bits per heavy atom. The monoisotopic (exact) mass is 452 g/mol. The molecule has 0 spiro atoms. The highest BCUT2D eigenvalue weighted by molar-refractivity contribution is 6.30. The fourth-order valence-corrected chi connectivity index (χ4v) is 3.26. The molecule has 12 heteroatoms. The van der Waals surface area contributed by atoms with Crippen LogP contribution in [0.3, 0.4) is 0 Å². The van der Waals surface area contributed by atoms with Gasteiger partial charge in [0.25, 0.3) is 0 Å². The second kappa shape index (κ2) is 8.42. The van der Waals surface area contributed by atoms with Crippen LogP contribution in [0.2, 0.25) is 5.02 Å². The van der Waals surface area contributed by atoms with E-state index >= 15 is 0 Å². The van der Waals surface area contributed by atoms with E-state index in [0.29, 0.717) is 48.3 Å². The second-order valence-corrected chi connectivity index (χ2v) is 7.18. The topological polar surface area (TPSA) is 87.4 Å². The van der Waals surface area contributed by atoms with Crippen LogP contribution in [0.4, 0.5) is 29.5 Å². The van der Waals surface area contributed by atoms with Crippen LogP contribution in [0.1, 0.15) is 5.89 Å². The number of hydrogen-bond acceptors (Lipinski definition) is 6. The third kappa shape index (κ3) is 4.88. The number of hydrogen-bond donors (Lipinski definition) is 1. The predicted octanol–water partition coefficient (Wildman–Crippen LogP) is 4.16. The predicted molar refractivity (Wildman–Crippen MR) is 107 cm³/mol. The number of amides is 2. The van der Waals surface area contributed by atoms with Gasteiger partial charge in [0.2, 0.25) is 5.82 Å². The molecular formula is C19H16ClF3N6O2. The van der Waals surface area contributed by atoms with Crippen LogP contribution in [-0.2, 0) is 6.18 Å². The number of nitrogens with one attached hydrogen (secondary N) is 1. The molecule has 0 unspecified atom stereocenters. The van der Waals surface area contributed by atoms with Crippen LogP contribution in [0.25, 0.3) is 11.4 Å². The van der Waals surface area contributed by atoms with Gasteiger partial charge in [-0.25, -0.2) is 9.78 Å². The molecule has 0 atom stereocenters. The van der Waals surface area contributed by atoms with Gasteiger partial charge >= 0.3 is 18.1 Å². The molecule has 0 bridgehead atoms. The molecule has 31 heavy (non-hydrogen) atoms. The lowest BCUT2D eigenvalue weighted by molar-refractivity contribution is -0.159. The summed E-state index contributed by atoms with van der Waals surface area (Å²) < 4.78 is 42.0. The summed E-state index contributed by atoms with van der Waals surface area (Å²) in [6.07, 6.45) is -3.31. The third-order valence-corrected chi connectivity index (χ3v) is 4.88. The lowest BCUT2D eigenvalue weighted by Crippen LogP contribution is -2.50. The number of urea groups is 1. The average Bonchev–Trinajstić information content (AvgIpc) is 3.25. The minimum atomic E-state index is -4.70. The number of benzene rings is 1. The van der Waals surface area contributed by atoms with E-state index in [1.807, 2.05) is 4.90 Å². The van der Waals surface area contributed by atoms with Gasteiger partial charge in [-0.3, -0.25) is 0 Å². The minimum Gasteiger partial charge on any atom is -0.353 e. The summed E-state index contributed by atoms with van der Waals surface area (Å²) in [7, 11) is 0. The van der Waals surface area contributed by atoms with Crippen molar-refractivity contribution in [3.63, 3.8) is 0 Å². The quantitative estimate of drug-likeness (QED) is 0.642. The Bertz CT molecular complexity index is 1070. The summed E-state index contributed by atoms with van der Waals surface area (Å²) in [6.45, 7) is 2.07. The number of nitrogens with zero attached hydrogens (tertiary/aromatic N) is 5. The van der Waals surface area contributed by atoms with E-state index in [4.69, 9.17) is 11.6 Å². The summed E-state index contributed by atoms with van der Waals surface area (Å²) in [5.74, 6) is -0.953. The smallest absolute Gasteiger partial charge is 0.353 e. The standard InChI is InChI=1S/C19H16ClF3N6O2/c20-13-2-1-3-14(10-13)25-18(30)29-8-6-28(7-9-29)15-5-4-12(11-24-15)16-26-17(31-27-16)19(21,22)23/h1-5,10-11H,6-9H2,(H,25,30). The number of carbonyl (C=O) groups excluding carboxylic acids is 1. The number of piperazine rings is 1. The summed E-state index contributed by atoms with van der Waals surface area (Å²) in [4.78, 5) is 23.7. The van der Waals surface area contributed by atoms with Crippen molar-refractivity contribution in [2.75, 3.05) is 36.4 Å². The molecule has 2 aromatic heterocycles. The molecule has 1 aromatic carbocycles. The van der Waals surface area contributed by atoms with Gasteiger partial charge in [-0.15, -0.1) is 0 Å². The molecule has 162 valence electrons. The van der Waals surface area contributed by atoms with Gasteiger partial charge in [0.1, 0.15) is 5.82 Å². The van der Waals surface area contributed by atoms with Crippen molar-refractivity contribution in [2.24, 2.45) is 0 Å². The van der Waals surface area contributed by atoms with Crippen molar-refractivity contribution >= 4 is 29.1 Å². The zero-order chi connectivity index (χ0) is 22.0. The normalized spacial score (nSPS) is 14.6. The first-order valence-electron chi connectivity index (χ1n) is 9.23. The first kappa shape index (κ1) is 20.9. The van der Waals surface area contributed by atoms with Crippen LogP contribution < -0.4 is 10.2 Å². The van der Waals surface area contributed by atoms with Crippen molar-refractivity contribution < 1.29 is 22.5 Å². The molecule has 4 rings (SSSR count). The van der Waals surface area contributed by atoms with Crippen LogP contribution in [0.15, 0.2) is 47.1 Å². The van der Waals surface area contributed by atoms with Gasteiger partial charge in [-0.2, -0.15) is 18.2 Å². The van der Waals surface area contributed by atoms with E-state index in [1.54, 1.807) is 41.3 Å². The Balaban J connectivity index is 1.34. The summed E-state index contributed by atoms with van der Waals surface area (Å²) >= 11 is 5.93. The lowest BCUT2D eigenvalue weighted by Gasteiger charge is -2.35. The zero-order valence-corrected chi connectivity index (χ0v) is 16.7. The molecule has 8 nitrogen and oxygen atoms in total. The molecule has 0 saturated carbocycles. The highest BCUT2D eigenvalue weighted by Crippen LogP contribution is 2.29. The molecule has 0 aliphatic carbocycles. The zero-order valence-electron chi connectivity index (χ0n) is 15.9. The molecule has 0 radical (unpaired) electrons. The molecule has 2 amide bonds. The number of carbonyl (C=O) groups is 1. The number of halogens is 4.